The predicted octanol–water partition coefficient (Wildman–Crippen LogP) is 2.42. The van der Waals surface area contributed by atoms with E-state index in [4.69, 9.17) is 10.5 Å². The first-order chi connectivity index (χ1) is 8.99. The quantitative estimate of drug-likeness (QED) is 0.900. The number of anilines is 3. The van der Waals surface area contributed by atoms with Gasteiger partial charge in [-0.15, -0.1) is 0 Å². The molecule has 0 bridgehead atoms. The zero-order chi connectivity index (χ0) is 14.0. The summed E-state index contributed by atoms with van der Waals surface area (Å²) in [5.74, 6) is -0.180. The highest BCUT2D eigenvalue weighted by atomic mass is 79.9. The van der Waals surface area contributed by atoms with Gasteiger partial charge in [0.2, 0.25) is 11.9 Å². The molecule has 19 heavy (non-hydrogen) atoms. The van der Waals surface area contributed by atoms with E-state index in [2.05, 4.69) is 36.2 Å². The Kier molecular flexibility index (Phi) is 3.79. The van der Waals surface area contributed by atoms with E-state index in [-0.39, 0.29) is 23.7 Å². The molecular weight excluding hydrogens is 317 g/mol. The molecule has 0 unspecified atom stereocenters. The van der Waals surface area contributed by atoms with E-state index in [1.807, 2.05) is 6.92 Å². The lowest BCUT2D eigenvalue weighted by Gasteiger charge is -2.10. The van der Waals surface area contributed by atoms with Crippen molar-refractivity contribution in [3.05, 3.63) is 28.0 Å². The second-order valence-corrected chi connectivity index (χ2v) is 4.56. The van der Waals surface area contributed by atoms with Gasteiger partial charge >= 0.3 is 6.01 Å². The second-order valence-electron chi connectivity index (χ2n) is 3.71. The number of aryl methyl sites for hydroxylation is 1. The van der Waals surface area contributed by atoms with Gasteiger partial charge in [0.15, 0.2) is 0 Å². The average molecular weight is 328 g/mol. The monoisotopic (exact) mass is 327 g/mol. The minimum absolute atomic E-state index is 0.0181. The van der Waals surface area contributed by atoms with Crippen LogP contribution in [0.15, 0.2) is 16.6 Å². The van der Waals surface area contributed by atoms with E-state index in [1.54, 1.807) is 6.07 Å². The molecule has 2 aromatic rings. The maximum absolute atomic E-state index is 13.5. The number of hydrogen-bond donors (Lipinski definition) is 2. The zero-order valence-corrected chi connectivity index (χ0v) is 11.8. The standard InChI is InChI=1S/C11H11BrFN5O/c1-5-3-6(12)7(13)4-8(5)15-10-16-9(14)17-11(18-10)19-2/h3-4H,1-2H3,(H3,14,15,16,17,18). The fraction of sp³-hybridized carbons (Fsp3) is 0.182. The lowest BCUT2D eigenvalue weighted by Crippen LogP contribution is -2.06. The molecule has 0 saturated carbocycles. The molecule has 1 aromatic heterocycles. The van der Waals surface area contributed by atoms with Crippen LogP contribution in [0.3, 0.4) is 0 Å². The summed E-state index contributed by atoms with van der Waals surface area (Å²) in [5, 5.41) is 2.87. The van der Waals surface area contributed by atoms with Crippen LogP contribution in [0.2, 0.25) is 0 Å². The topological polar surface area (TPSA) is 86.0 Å². The number of nitrogens with zero attached hydrogens (tertiary/aromatic N) is 3. The lowest BCUT2D eigenvalue weighted by molar-refractivity contribution is 0.380. The fourth-order valence-electron chi connectivity index (χ4n) is 1.42. The van der Waals surface area contributed by atoms with Gasteiger partial charge in [0, 0.05) is 5.69 Å². The molecule has 0 spiro atoms. The summed E-state index contributed by atoms with van der Waals surface area (Å²) in [6.45, 7) is 1.83. The second kappa shape index (κ2) is 5.35. The van der Waals surface area contributed by atoms with Crippen LogP contribution in [-0.2, 0) is 0 Å². The van der Waals surface area contributed by atoms with E-state index in [0.717, 1.165) is 5.56 Å². The van der Waals surface area contributed by atoms with Gasteiger partial charge in [-0.3, -0.25) is 0 Å². The summed E-state index contributed by atoms with van der Waals surface area (Å²) in [5.41, 5.74) is 6.88. The first-order valence-electron chi connectivity index (χ1n) is 5.28. The molecule has 0 aliphatic heterocycles. The van der Waals surface area contributed by atoms with Crippen LogP contribution in [0, 0.1) is 12.7 Å². The number of ether oxygens (including phenoxy) is 1. The summed E-state index contributed by atoms with van der Waals surface area (Å²) >= 11 is 3.12. The van der Waals surface area contributed by atoms with Crippen molar-refractivity contribution in [2.45, 2.75) is 6.92 Å². The average Bonchev–Trinajstić information content (AvgIpc) is 2.35. The Labute approximate surface area is 117 Å². The molecule has 2 rings (SSSR count). The van der Waals surface area contributed by atoms with E-state index in [0.29, 0.717) is 10.2 Å². The number of hydrogen-bond acceptors (Lipinski definition) is 6. The zero-order valence-electron chi connectivity index (χ0n) is 10.2. The summed E-state index contributed by atoms with van der Waals surface area (Å²) in [4.78, 5) is 11.6. The highest BCUT2D eigenvalue weighted by molar-refractivity contribution is 9.10. The number of rotatable bonds is 3. The number of aromatic nitrogens is 3. The molecule has 6 nitrogen and oxygen atoms in total. The van der Waals surface area contributed by atoms with E-state index >= 15 is 0 Å². The Morgan fingerprint density at radius 2 is 2.05 bits per heavy atom. The Morgan fingerprint density at radius 3 is 2.74 bits per heavy atom. The number of nitrogens with two attached hydrogens (primary N) is 1. The largest absolute Gasteiger partial charge is 0.467 e. The molecule has 0 aliphatic carbocycles. The molecule has 0 saturated heterocycles. The van der Waals surface area contributed by atoms with Crippen molar-refractivity contribution < 1.29 is 9.13 Å². The van der Waals surface area contributed by atoms with Crippen molar-refractivity contribution in [1.29, 1.82) is 0 Å². The molecule has 8 heteroatoms. The predicted molar refractivity (Wildman–Crippen MR) is 72.9 cm³/mol. The Hall–Kier alpha value is -1.96. The van der Waals surface area contributed by atoms with Gasteiger partial charge in [-0.1, -0.05) is 0 Å². The number of benzene rings is 1. The fourth-order valence-corrected chi connectivity index (χ4v) is 1.88. The van der Waals surface area contributed by atoms with Crippen LogP contribution in [0.4, 0.5) is 22.0 Å². The number of nitrogens with one attached hydrogen (secondary N) is 1. The summed E-state index contributed by atoms with van der Waals surface area (Å²) < 4.78 is 18.8. The van der Waals surface area contributed by atoms with Crippen molar-refractivity contribution in [2.75, 3.05) is 18.2 Å². The van der Waals surface area contributed by atoms with E-state index < -0.39 is 0 Å². The van der Waals surface area contributed by atoms with E-state index in [9.17, 15) is 4.39 Å². The lowest BCUT2D eigenvalue weighted by atomic mass is 10.2. The van der Waals surface area contributed by atoms with Gasteiger partial charge in [0.25, 0.3) is 0 Å². The maximum atomic E-state index is 13.5. The molecule has 0 aliphatic rings. The smallest absolute Gasteiger partial charge is 0.322 e. The minimum atomic E-state index is -0.387. The summed E-state index contributed by atoms with van der Waals surface area (Å²) in [7, 11) is 1.42. The van der Waals surface area contributed by atoms with Crippen molar-refractivity contribution in [1.82, 2.24) is 15.0 Å². The molecule has 0 atom stereocenters. The third-order valence-corrected chi connectivity index (χ3v) is 2.94. The van der Waals surface area contributed by atoms with Gasteiger partial charge in [-0.25, -0.2) is 4.39 Å². The number of halogens is 2. The van der Waals surface area contributed by atoms with Gasteiger partial charge in [-0.05, 0) is 40.5 Å². The Morgan fingerprint density at radius 1 is 1.32 bits per heavy atom. The van der Waals surface area contributed by atoms with Crippen LogP contribution >= 0.6 is 15.9 Å². The first kappa shape index (κ1) is 13.5. The van der Waals surface area contributed by atoms with Gasteiger partial charge in [0.1, 0.15) is 5.82 Å². The Balaban J connectivity index is 2.36. The van der Waals surface area contributed by atoms with Crippen molar-refractivity contribution in [3.63, 3.8) is 0 Å². The molecule has 3 N–H and O–H groups in total. The van der Waals surface area contributed by atoms with Crippen molar-refractivity contribution >= 4 is 33.5 Å². The van der Waals surface area contributed by atoms with Crippen LogP contribution in [0.5, 0.6) is 6.01 Å². The molecule has 1 heterocycles. The minimum Gasteiger partial charge on any atom is -0.467 e. The van der Waals surface area contributed by atoms with Crippen molar-refractivity contribution in [3.8, 4) is 6.01 Å². The summed E-state index contributed by atoms with van der Waals surface area (Å²) in [6.07, 6.45) is 0. The SMILES string of the molecule is COc1nc(N)nc(Nc2cc(F)c(Br)cc2C)n1. The van der Waals surface area contributed by atoms with E-state index in [1.165, 1.54) is 13.2 Å². The van der Waals surface area contributed by atoms with Crippen LogP contribution < -0.4 is 15.8 Å². The molecule has 1 aromatic carbocycles. The van der Waals surface area contributed by atoms with Crippen LogP contribution in [0.25, 0.3) is 0 Å². The van der Waals surface area contributed by atoms with Gasteiger partial charge in [0.05, 0.1) is 11.6 Å². The molecule has 100 valence electrons. The molecule has 0 fully saturated rings. The summed E-state index contributed by atoms with van der Waals surface area (Å²) in [6, 6.07) is 3.08. The Bertz CT molecular complexity index is 622. The highest BCUT2D eigenvalue weighted by Crippen LogP contribution is 2.26. The van der Waals surface area contributed by atoms with Gasteiger partial charge in [-0.2, -0.15) is 15.0 Å². The first-order valence-corrected chi connectivity index (χ1v) is 6.07. The number of methoxy groups -OCH3 is 1. The number of nitrogen functional groups attached to an aromatic ring is 1. The molecule has 0 amide bonds. The third kappa shape index (κ3) is 3.08. The van der Waals surface area contributed by atoms with Crippen LogP contribution in [-0.4, -0.2) is 22.1 Å². The highest BCUT2D eigenvalue weighted by Gasteiger charge is 2.09. The van der Waals surface area contributed by atoms with Gasteiger partial charge < -0.3 is 15.8 Å². The third-order valence-electron chi connectivity index (χ3n) is 2.33. The normalized spacial score (nSPS) is 10.3. The molecule has 0 radical (unpaired) electrons. The molecular formula is C11H11BrFN5O. The van der Waals surface area contributed by atoms with Crippen LogP contribution in [0.1, 0.15) is 5.56 Å². The van der Waals surface area contributed by atoms with Crippen molar-refractivity contribution in [2.24, 2.45) is 0 Å². The maximum Gasteiger partial charge on any atom is 0.322 e.